The van der Waals surface area contributed by atoms with Crippen molar-refractivity contribution in [2.24, 2.45) is 0 Å². The summed E-state index contributed by atoms with van der Waals surface area (Å²) in [5, 5.41) is 5.80. The van der Waals surface area contributed by atoms with Crippen molar-refractivity contribution >= 4 is 30.5 Å². The number of ether oxygens (including phenoxy) is 1. The maximum absolute atomic E-state index is 14.0. The molecule has 1 rings (SSSR count). The van der Waals surface area contributed by atoms with Gasteiger partial charge in [0.05, 0.1) is 0 Å². The zero-order valence-electron chi connectivity index (χ0n) is 24.6. The normalized spacial score (nSPS) is 13.8. The topological polar surface area (TPSA) is 87.7 Å². The summed E-state index contributed by atoms with van der Waals surface area (Å²) in [4.78, 5) is 41.9. The summed E-state index contributed by atoms with van der Waals surface area (Å²) in [6.07, 6.45) is 7.42. The fraction of sp³-hybridized carbons (Fsp3) is 0.700. The number of aryl methyl sites for hydroxylation is 1. The van der Waals surface area contributed by atoms with Crippen molar-refractivity contribution in [3.63, 3.8) is 0 Å². The maximum Gasteiger partial charge on any atom is 0.408 e. The Bertz CT molecular complexity index is 871. The first kappa shape index (κ1) is 33.8. The Morgan fingerprint density at radius 3 is 2.24 bits per heavy atom. The van der Waals surface area contributed by atoms with Crippen molar-refractivity contribution in [3.05, 3.63) is 35.4 Å². The molecule has 3 atom stereocenters. The van der Waals surface area contributed by atoms with E-state index in [0.29, 0.717) is 6.54 Å². The van der Waals surface area contributed by atoms with Gasteiger partial charge in [0, 0.05) is 18.3 Å². The van der Waals surface area contributed by atoms with Gasteiger partial charge in [-0.15, -0.1) is 0 Å². The van der Waals surface area contributed by atoms with Crippen LogP contribution in [-0.4, -0.2) is 52.8 Å². The highest BCUT2D eigenvalue weighted by Gasteiger charge is 2.36. The van der Waals surface area contributed by atoms with Gasteiger partial charge in [0.15, 0.2) is 0 Å². The molecule has 3 unspecified atom stereocenters. The monoisotopic (exact) mass is 549 g/mol. The number of rotatable bonds is 16. The molecule has 0 aliphatic heterocycles. The number of nitrogens with one attached hydrogen (secondary N) is 2. The predicted octanol–water partition coefficient (Wildman–Crippen LogP) is 6.35. The lowest BCUT2D eigenvalue weighted by Crippen LogP contribution is -2.54. The number of benzene rings is 1. The van der Waals surface area contributed by atoms with Crippen LogP contribution in [0.5, 0.6) is 0 Å². The molecule has 1 aromatic carbocycles. The third-order valence-electron chi connectivity index (χ3n) is 6.24. The van der Waals surface area contributed by atoms with Crippen LogP contribution in [0.15, 0.2) is 24.3 Å². The molecule has 7 nitrogen and oxygen atoms in total. The molecule has 38 heavy (non-hydrogen) atoms. The van der Waals surface area contributed by atoms with Crippen molar-refractivity contribution < 1.29 is 19.1 Å². The van der Waals surface area contributed by atoms with Gasteiger partial charge in [0.25, 0.3) is 0 Å². The summed E-state index contributed by atoms with van der Waals surface area (Å²) >= 11 is 4.37. The maximum atomic E-state index is 14.0. The van der Waals surface area contributed by atoms with E-state index in [1.807, 2.05) is 38.1 Å². The van der Waals surface area contributed by atoms with Crippen LogP contribution in [0, 0.1) is 6.92 Å². The summed E-state index contributed by atoms with van der Waals surface area (Å²) in [6.45, 7) is 13.9. The van der Waals surface area contributed by atoms with Crippen molar-refractivity contribution in [3.8, 4) is 0 Å². The van der Waals surface area contributed by atoms with Crippen LogP contribution in [-0.2, 0) is 14.3 Å². The van der Waals surface area contributed by atoms with Crippen LogP contribution in [0.3, 0.4) is 0 Å². The van der Waals surface area contributed by atoms with E-state index in [4.69, 9.17) is 4.74 Å². The number of unbranched alkanes of at least 4 members (excludes halogenated alkanes) is 5. The zero-order chi connectivity index (χ0) is 28.7. The molecule has 0 spiro atoms. The number of nitrogens with zero attached hydrogens (tertiary/aromatic N) is 1. The third-order valence-corrected chi connectivity index (χ3v) is 6.60. The van der Waals surface area contributed by atoms with E-state index in [0.717, 1.165) is 56.1 Å². The fourth-order valence-corrected chi connectivity index (χ4v) is 4.65. The van der Waals surface area contributed by atoms with Gasteiger partial charge in [-0.1, -0.05) is 82.2 Å². The lowest BCUT2D eigenvalue weighted by Gasteiger charge is -2.35. The summed E-state index contributed by atoms with van der Waals surface area (Å²) in [5.41, 5.74) is 1.05. The smallest absolute Gasteiger partial charge is 0.408 e. The van der Waals surface area contributed by atoms with Gasteiger partial charge in [0.2, 0.25) is 11.8 Å². The molecule has 216 valence electrons. The SMILES string of the molecule is CCCCCCCCN(C(=O)C(CS)NC(=O)OC(C)(C)C)C(C(=O)NC(C)CCC)c1cccc(C)c1. The first-order valence-electron chi connectivity index (χ1n) is 14.2. The summed E-state index contributed by atoms with van der Waals surface area (Å²) < 4.78 is 5.39. The molecule has 0 aromatic heterocycles. The number of carbonyl (C=O) groups is 3. The van der Waals surface area contributed by atoms with E-state index in [9.17, 15) is 14.4 Å². The number of alkyl carbamates (subject to hydrolysis) is 1. The van der Waals surface area contributed by atoms with Gasteiger partial charge in [-0.25, -0.2) is 4.79 Å². The Kier molecular flexibility index (Phi) is 15.5. The molecule has 0 saturated carbocycles. The average Bonchev–Trinajstić information content (AvgIpc) is 2.82. The van der Waals surface area contributed by atoms with Gasteiger partial charge >= 0.3 is 6.09 Å². The molecule has 0 aliphatic carbocycles. The molecule has 0 bridgehead atoms. The van der Waals surface area contributed by atoms with E-state index >= 15 is 0 Å². The fourth-order valence-electron chi connectivity index (χ4n) is 4.40. The van der Waals surface area contributed by atoms with Gasteiger partial charge in [-0.3, -0.25) is 9.59 Å². The summed E-state index contributed by atoms with van der Waals surface area (Å²) in [7, 11) is 0. The summed E-state index contributed by atoms with van der Waals surface area (Å²) in [5.74, 6) is -0.477. The van der Waals surface area contributed by atoms with Gasteiger partial charge in [-0.2, -0.15) is 12.6 Å². The van der Waals surface area contributed by atoms with Crippen LogP contribution >= 0.6 is 12.6 Å². The number of thiol groups is 1. The molecule has 8 heteroatoms. The van der Waals surface area contributed by atoms with Gasteiger partial charge < -0.3 is 20.3 Å². The van der Waals surface area contributed by atoms with E-state index < -0.39 is 23.8 Å². The highest BCUT2D eigenvalue weighted by atomic mass is 32.1. The van der Waals surface area contributed by atoms with Gasteiger partial charge in [0.1, 0.15) is 17.7 Å². The second-order valence-electron chi connectivity index (χ2n) is 11.2. The predicted molar refractivity (Wildman–Crippen MR) is 159 cm³/mol. The minimum Gasteiger partial charge on any atom is -0.444 e. The lowest BCUT2D eigenvalue weighted by atomic mass is 9.99. The van der Waals surface area contributed by atoms with E-state index in [-0.39, 0.29) is 23.6 Å². The molecule has 0 fully saturated rings. The van der Waals surface area contributed by atoms with Crippen LogP contribution in [0.25, 0.3) is 0 Å². The third kappa shape index (κ3) is 12.5. The molecule has 0 heterocycles. The highest BCUT2D eigenvalue weighted by molar-refractivity contribution is 7.80. The minimum absolute atomic E-state index is 0.0219. The van der Waals surface area contributed by atoms with Crippen LogP contribution < -0.4 is 10.6 Å². The Labute approximate surface area is 236 Å². The largest absolute Gasteiger partial charge is 0.444 e. The van der Waals surface area contributed by atoms with Crippen molar-refractivity contribution in [2.75, 3.05) is 12.3 Å². The van der Waals surface area contributed by atoms with Crippen LogP contribution in [0.2, 0.25) is 0 Å². The number of hydrogen-bond donors (Lipinski definition) is 3. The molecule has 0 radical (unpaired) electrons. The number of amides is 3. The van der Waals surface area contributed by atoms with Crippen LogP contribution in [0.1, 0.15) is 110 Å². The molecule has 2 N–H and O–H groups in total. The molecular weight excluding hydrogens is 498 g/mol. The average molecular weight is 550 g/mol. The Morgan fingerprint density at radius 2 is 1.66 bits per heavy atom. The quantitative estimate of drug-likeness (QED) is 0.166. The molecule has 1 aromatic rings. The second-order valence-corrected chi connectivity index (χ2v) is 11.6. The number of hydrogen-bond acceptors (Lipinski definition) is 5. The van der Waals surface area contributed by atoms with E-state index in [1.165, 1.54) is 6.42 Å². The van der Waals surface area contributed by atoms with Crippen molar-refractivity contribution in [2.45, 2.75) is 124 Å². The molecule has 3 amide bonds. The zero-order valence-corrected chi connectivity index (χ0v) is 25.5. The second kappa shape index (κ2) is 17.4. The molecular formula is C30H51N3O4S. The minimum atomic E-state index is -0.929. The number of carbonyl (C=O) groups excluding carboxylic acids is 3. The van der Waals surface area contributed by atoms with Gasteiger partial charge in [-0.05, 0) is 53.0 Å². The van der Waals surface area contributed by atoms with Crippen molar-refractivity contribution in [1.29, 1.82) is 0 Å². The van der Waals surface area contributed by atoms with Crippen molar-refractivity contribution in [1.82, 2.24) is 15.5 Å². The molecule has 0 aliphatic rings. The Balaban J connectivity index is 3.34. The Hall–Kier alpha value is -2.22. The standard InChI is InChI=1S/C30H51N3O4S/c1-8-10-11-12-13-14-19-33(28(35)25(21-38)32-29(36)37-30(5,6)7)26(24-18-15-17-22(3)20-24)27(34)31-23(4)16-9-2/h15,17-18,20,23,25-26,38H,8-14,16,19,21H2,1-7H3,(H,31,34)(H,32,36). The summed E-state index contributed by atoms with van der Waals surface area (Å²) in [6, 6.07) is 5.95. The van der Waals surface area contributed by atoms with E-state index in [1.54, 1.807) is 25.7 Å². The van der Waals surface area contributed by atoms with Crippen LogP contribution in [0.4, 0.5) is 4.79 Å². The van der Waals surface area contributed by atoms with E-state index in [2.05, 4.69) is 37.1 Å². The first-order chi connectivity index (χ1) is 17.9. The highest BCUT2D eigenvalue weighted by Crippen LogP contribution is 2.25. The lowest BCUT2D eigenvalue weighted by molar-refractivity contribution is -0.142. The first-order valence-corrected chi connectivity index (χ1v) is 14.8. The molecule has 0 saturated heterocycles. The Morgan fingerprint density at radius 1 is 1.00 bits per heavy atom.